The molecule has 4 aromatic rings. The fourth-order valence-electron chi connectivity index (χ4n) is 5.90. The molecule has 0 saturated heterocycles. The average molecular weight is 391 g/mol. The summed E-state index contributed by atoms with van der Waals surface area (Å²) < 4.78 is 8.14. The molecule has 2 aliphatic heterocycles. The Morgan fingerprint density at radius 3 is 2.10 bits per heavy atom. The topological polar surface area (TPSA) is 13.1 Å². The first-order chi connectivity index (χ1) is 14.8. The quantitative estimate of drug-likeness (QED) is 0.427. The highest BCUT2D eigenvalue weighted by Gasteiger charge is 2.59. The molecular formula is C28H24NO+. The Kier molecular flexibility index (Phi) is 3.82. The van der Waals surface area contributed by atoms with Crippen LogP contribution in [0, 0.1) is 0 Å². The first-order valence-electron chi connectivity index (χ1n) is 10.6. The molecule has 2 bridgehead atoms. The maximum Gasteiger partial charge on any atom is 0.190 e. The third-order valence-electron chi connectivity index (χ3n) is 7.10. The molecule has 2 atom stereocenters. The number of ether oxygens (including phenoxy) is 1. The molecular weight excluding hydrogens is 366 g/mol. The zero-order chi connectivity index (χ0) is 20.1. The molecule has 30 heavy (non-hydrogen) atoms. The van der Waals surface area contributed by atoms with Gasteiger partial charge in [-0.1, -0.05) is 66.7 Å². The molecule has 0 N–H and O–H groups in total. The summed E-state index contributed by atoms with van der Waals surface area (Å²) in [5, 5.41) is 0. The van der Waals surface area contributed by atoms with Gasteiger partial charge in [-0.3, -0.25) is 0 Å². The van der Waals surface area contributed by atoms with E-state index in [-0.39, 0.29) is 11.3 Å². The number of benzene rings is 3. The van der Waals surface area contributed by atoms with Crippen LogP contribution in [0.3, 0.4) is 0 Å². The van der Waals surface area contributed by atoms with E-state index >= 15 is 0 Å². The molecule has 3 heterocycles. The van der Waals surface area contributed by atoms with Crippen LogP contribution in [0.15, 0.2) is 103 Å². The van der Waals surface area contributed by atoms with Crippen molar-refractivity contribution in [3.05, 3.63) is 131 Å². The second kappa shape index (κ2) is 6.56. The van der Waals surface area contributed by atoms with E-state index < -0.39 is 0 Å². The van der Waals surface area contributed by atoms with Crippen molar-refractivity contribution in [1.82, 2.24) is 0 Å². The Hall–Kier alpha value is -3.39. The molecule has 0 saturated carbocycles. The van der Waals surface area contributed by atoms with Gasteiger partial charge >= 0.3 is 0 Å². The summed E-state index contributed by atoms with van der Waals surface area (Å²) in [5.74, 6) is 1.15. The normalized spacial score (nSPS) is 20.3. The number of rotatable bonds is 3. The second-order valence-corrected chi connectivity index (χ2v) is 8.38. The van der Waals surface area contributed by atoms with Gasteiger partial charge < -0.3 is 4.74 Å². The molecule has 3 aliphatic rings. The van der Waals surface area contributed by atoms with Crippen LogP contribution in [0.4, 0.5) is 0 Å². The van der Waals surface area contributed by atoms with Gasteiger partial charge in [0, 0.05) is 29.5 Å². The summed E-state index contributed by atoms with van der Waals surface area (Å²) in [7, 11) is 1.76. The molecule has 2 heteroatoms. The van der Waals surface area contributed by atoms with Crippen molar-refractivity contribution >= 4 is 0 Å². The Bertz CT molecular complexity index is 1180. The molecule has 0 radical (unpaired) electrons. The molecule has 0 amide bonds. The molecule has 0 spiro atoms. The van der Waals surface area contributed by atoms with Crippen molar-refractivity contribution in [3.63, 3.8) is 0 Å². The van der Waals surface area contributed by atoms with Crippen LogP contribution in [0.2, 0.25) is 0 Å². The monoisotopic (exact) mass is 390 g/mol. The second-order valence-electron chi connectivity index (χ2n) is 8.38. The predicted octanol–water partition coefficient (Wildman–Crippen LogP) is 5.41. The smallest absolute Gasteiger partial charge is 0.190 e. The third-order valence-corrected chi connectivity index (χ3v) is 7.10. The van der Waals surface area contributed by atoms with E-state index in [1.54, 1.807) is 7.11 Å². The van der Waals surface area contributed by atoms with Gasteiger partial charge in [0.1, 0.15) is 5.75 Å². The van der Waals surface area contributed by atoms with E-state index in [9.17, 15) is 0 Å². The van der Waals surface area contributed by atoms with Crippen LogP contribution in [0.25, 0.3) is 0 Å². The first-order valence-corrected chi connectivity index (χ1v) is 10.6. The van der Waals surface area contributed by atoms with Gasteiger partial charge in [-0.2, -0.15) is 4.57 Å². The predicted molar refractivity (Wildman–Crippen MR) is 118 cm³/mol. The summed E-state index contributed by atoms with van der Waals surface area (Å²) >= 11 is 0. The van der Waals surface area contributed by atoms with Gasteiger partial charge in [-0.05, 0) is 34.9 Å². The molecule has 2 unspecified atom stereocenters. The summed E-state index contributed by atoms with van der Waals surface area (Å²) in [4.78, 5) is 0. The highest BCUT2D eigenvalue weighted by atomic mass is 16.5. The first kappa shape index (κ1) is 17.5. The number of aromatic nitrogens is 1. The van der Waals surface area contributed by atoms with Crippen molar-refractivity contribution in [2.75, 3.05) is 7.11 Å². The molecule has 3 aromatic carbocycles. The van der Waals surface area contributed by atoms with Gasteiger partial charge in [-0.15, -0.1) is 0 Å². The fourth-order valence-corrected chi connectivity index (χ4v) is 5.90. The zero-order valence-corrected chi connectivity index (χ0v) is 17.0. The van der Waals surface area contributed by atoms with Crippen LogP contribution >= 0.6 is 0 Å². The molecule has 1 aromatic heterocycles. The Morgan fingerprint density at radius 2 is 1.43 bits per heavy atom. The van der Waals surface area contributed by atoms with E-state index in [1.165, 1.54) is 27.9 Å². The van der Waals surface area contributed by atoms with Crippen LogP contribution in [-0.2, 0) is 5.41 Å². The van der Waals surface area contributed by atoms with Gasteiger partial charge in [0.2, 0.25) is 0 Å². The molecule has 7 rings (SSSR count). The number of hydrogen-bond donors (Lipinski definition) is 0. The Morgan fingerprint density at radius 1 is 0.767 bits per heavy atom. The Balaban J connectivity index is 1.72. The van der Waals surface area contributed by atoms with E-state index in [0.717, 1.165) is 12.2 Å². The number of pyridine rings is 1. The SMILES string of the molecule is COc1ccc2c(c1)C1c3cccc[n+]3C2CC1(c1ccccc1)c1ccccc1. The molecule has 146 valence electrons. The van der Waals surface area contributed by atoms with Crippen molar-refractivity contribution in [2.24, 2.45) is 0 Å². The number of nitrogens with zero attached hydrogens (tertiary/aromatic N) is 1. The zero-order valence-electron chi connectivity index (χ0n) is 17.0. The van der Waals surface area contributed by atoms with E-state index in [0.29, 0.717) is 6.04 Å². The van der Waals surface area contributed by atoms with Crippen LogP contribution < -0.4 is 9.30 Å². The lowest BCUT2D eigenvalue weighted by molar-refractivity contribution is -0.732. The van der Waals surface area contributed by atoms with Gasteiger partial charge in [0.05, 0.1) is 13.0 Å². The average Bonchev–Trinajstić information content (AvgIpc) is 2.84. The summed E-state index contributed by atoms with van der Waals surface area (Å²) in [6, 6.07) is 35.7. The highest BCUT2D eigenvalue weighted by Crippen LogP contribution is 2.59. The van der Waals surface area contributed by atoms with Crippen molar-refractivity contribution < 1.29 is 9.30 Å². The largest absolute Gasteiger partial charge is 0.497 e. The van der Waals surface area contributed by atoms with E-state index in [2.05, 4.69) is 108 Å². The minimum atomic E-state index is -0.117. The number of methoxy groups -OCH3 is 1. The highest BCUT2D eigenvalue weighted by molar-refractivity contribution is 5.56. The van der Waals surface area contributed by atoms with Crippen molar-refractivity contribution in [1.29, 1.82) is 0 Å². The summed E-state index contributed by atoms with van der Waals surface area (Å²) in [6.45, 7) is 0. The molecule has 2 nitrogen and oxygen atoms in total. The number of hydrogen-bond acceptors (Lipinski definition) is 1. The minimum absolute atomic E-state index is 0.117. The fraction of sp³-hybridized carbons (Fsp3) is 0.179. The molecule has 1 aliphatic carbocycles. The maximum atomic E-state index is 5.65. The Labute approximate surface area is 177 Å². The number of fused-ring (bicyclic) bond motifs is 1. The standard InChI is InChI=1S/C28H24NO/c1-30-22-15-16-23-24(18-22)27-25-14-8-9-17-29(25)26(23)19-28(27,20-10-4-2-5-11-20)21-12-6-3-7-13-21/h2-18,26-27H,19H2,1H3/q+1. The van der Waals surface area contributed by atoms with Gasteiger partial charge in [0.25, 0.3) is 0 Å². The summed E-state index contributed by atoms with van der Waals surface area (Å²) in [6.07, 6.45) is 3.30. The van der Waals surface area contributed by atoms with Crippen LogP contribution in [0.1, 0.15) is 46.3 Å². The van der Waals surface area contributed by atoms with E-state index in [4.69, 9.17) is 4.74 Å². The lowest BCUT2D eigenvalue weighted by atomic mass is 9.53. The van der Waals surface area contributed by atoms with Crippen molar-refractivity contribution in [2.45, 2.75) is 23.8 Å². The van der Waals surface area contributed by atoms with Crippen LogP contribution in [-0.4, -0.2) is 7.11 Å². The lowest BCUT2D eigenvalue weighted by Crippen LogP contribution is -2.60. The molecule has 0 fully saturated rings. The third kappa shape index (κ3) is 2.28. The van der Waals surface area contributed by atoms with Gasteiger partial charge in [-0.25, -0.2) is 0 Å². The summed E-state index contributed by atoms with van der Waals surface area (Å²) in [5.41, 5.74) is 6.84. The minimum Gasteiger partial charge on any atom is -0.497 e. The van der Waals surface area contributed by atoms with Crippen LogP contribution in [0.5, 0.6) is 5.75 Å². The van der Waals surface area contributed by atoms with Gasteiger partial charge in [0.15, 0.2) is 17.9 Å². The lowest BCUT2D eigenvalue weighted by Gasteiger charge is -2.50. The van der Waals surface area contributed by atoms with E-state index in [1.807, 2.05) is 0 Å². The maximum absolute atomic E-state index is 5.65. The van der Waals surface area contributed by atoms with Crippen molar-refractivity contribution in [3.8, 4) is 5.75 Å².